The first-order chi connectivity index (χ1) is 6.13. The van der Waals surface area contributed by atoms with Gasteiger partial charge in [-0.1, -0.05) is 51.7 Å². The van der Waals surface area contributed by atoms with Crippen LogP contribution in [0.3, 0.4) is 0 Å². The predicted octanol–water partition coefficient (Wildman–Crippen LogP) is 4.30. The third kappa shape index (κ3) is 1.72. The summed E-state index contributed by atoms with van der Waals surface area (Å²) in [4.78, 5) is 0. The van der Waals surface area contributed by atoms with Crippen molar-refractivity contribution in [3.05, 3.63) is 0 Å². The molecule has 1 unspecified atom stereocenters. The Morgan fingerprint density at radius 3 is 2.08 bits per heavy atom. The molecule has 1 heteroatoms. The fourth-order valence-corrected chi connectivity index (χ4v) is 6.70. The van der Waals surface area contributed by atoms with Gasteiger partial charge >= 0.3 is 0 Å². The van der Waals surface area contributed by atoms with E-state index in [9.17, 15) is 0 Å². The molecule has 0 spiro atoms. The first-order valence-corrected chi connectivity index (χ1v) is 9.42. The molecule has 0 radical (unpaired) electrons. The van der Waals surface area contributed by atoms with Gasteiger partial charge in [0.25, 0.3) is 0 Å². The molecule has 0 aromatic carbocycles. The number of hydrogen-bond donors (Lipinski definition) is 0. The minimum atomic E-state index is -0.830. The van der Waals surface area contributed by atoms with Crippen LogP contribution in [0.25, 0.3) is 0 Å². The summed E-state index contributed by atoms with van der Waals surface area (Å²) < 4.78 is 0. The van der Waals surface area contributed by atoms with E-state index < -0.39 is 8.07 Å². The molecule has 3 aliphatic rings. The molecule has 13 heavy (non-hydrogen) atoms. The normalized spacial score (nSPS) is 39.5. The molecule has 0 nitrogen and oxygen atoms in total. The van der Waals surface area contributed by atoms with Gasteiger partial charge in [0.15, 0.2) is 0 Å². The van der Waals surface area contributed by atoms with Crippen LogP contribution in [0.2, 0.25) is 24.7 Å². The van der Waals surface area contributed by atoms with E-state index in [2.05, 4.69) is 20.0 Å². The van der Waals surface area contributed by atoms with Crippen LogP contribution >= 0.6 is 0 Å². The van der Waals surface area contributed by atoms with Crippen LogP contribution in [0.15, 0.2) is 0 Å². The Morgan fingerprint density at radius 2 is 1.69 bits per heavy atom. The average Bonchev–Trinajstić information content (AvgIpc) is 2.19. The molecule has 0 heterocycles. The van der Waals surface area contributed by atoms with Crippen LogP contribution in [0.5, 0.6) is 0 Å². The topological polar surface area (TPSA) is 0 Å². The van der Waals surface area contributed by atoms with Crippen LogP contribution in [-0.2, 0) is 0 Å². The summed E-state index contributed by atoms with van der Waals surface area (Å²) >= 11 is 0. The summed E-state index contributed by atoms with van der Waals surface area (Å²) in [5, 5.41) is 0. The largest absolute Gasteiger partial charge is 0.0691 e. The van der Waals surface area contributed by atoms with Gasteiger partial charge in [0.2, 0.25) is 0 Å². The Morgan fingerprint density at radius 1 is 1.08 bits per heavy atom. The molecule has 0 N–H and O–H groups in total. The molecule has 3 fully saturated rings. The second kappa shape index (κ2) is 3.41. The number of rotatable bonds is 2. The van der Waals surface area contributed by atoms with Crippen molar-refractivity contribution in [1.82, 2.24) is 0 Å². The van der Waals surface area contributed by atoms with Gasteiger partial charge in [-0.3, -0.25) is 0 Å². The molecule has 1 atom stereocenters. The van der Waals surface area contributed by atoms with Crippen molar-refractivity contribution in [1.29, 1.82) is 0 Å². The molecule has 2 bridgehead atoms. The van der Waals surface area contributed by atoms with Crippen molar-refractivity contribution in [2.24, 2.45) is 11.8 Å². The molecule has 3 aliphatic carbocycles. The molecular weight excluding hydrogens is 172 g/mol. The zero-order valence-electron chi connectivity index (χ0n) is 9.47. The maximum absolute atomic E-state index is 2.62. The Balaban J connectivity index is 2.08. The van der Waals surface area contributed by atoms with E-state index in [1.165, 1.54) is 11.6 Å². The van der Waals surface area contributed by atoms with E-state index in [0.29, 0.717) is 0 Å². The van der Waals surface area contributed by atoms with E-state index in [1.54, 1.807) is 32.1 Å². The van der Waals surface area contributed by atoms with Gasteiger partial charge in [-0.15, -0.1) is 0 Å². The Kier molecular flexibility index (Phi) is 2.56. The fraction of sp³-hybridized carbons (Fsp3) is 1.00. The second-order valence-corrected chi connectivity index (χ2v) is 11.4. The van der Waals surface area contributed by atoms with Crippen molar-refractivity contribution in [2.75, 3.05) is 0 Å². The van der Waals surface area contributed by atoms with Crippen molar-refractivity contribution in [3.63, 3.8) is 0 Å². The van der Waals surface area contributed by atoms with Gasteiger partial charge in [-0.05, 0) is 23.8 Å². The smallest absolute Gasteiger partial charge is 0.0504 e. The minimum absolute atomic E-state index is 0.830. The quantitative estimate of drug-likeness (QED) is 0.578. The second-order valence-electron chi connectivity index (χ2n) is 5.97. The Bertz CT molecular complexity index is 178. The molecule has 0 aliphatic heterocycles. The highest BCUT2D eigenvalue weighted by atomic mass is 28.3. The molecule has 0 saturated heterocycles. The standard InChI is InChI=1S/C12H24Si/c1-4-13(2,3)12-9-10-5-7-11(12)8-6-10/h10-12H,4-9H2,1-3H3. The number of hydrogen-bond acceptors (Lipinski definition) is 0. The summed E-state index contributed by atoms with van der Waals surface area (Å²) in [6, 6.07) is 1.50. The van der Waals surface area contributed by atoms with Gasteiger partial charge in [0.1, 0.15) is 0 Å². The van der Waals surface area contributed by atoms with Crippen molar-refractivity contribution >= 4 is 8.07 Å². The zero-order valence-corrected chi connectivity index (χ0v) is 10.5. The van der Waals surface area contributed by atoms with Crippen molar-refractivity contribution < 1.29 is 0 Å². The van der Waals surface area contributed by atoms with E-state index in [0.717, 1.165) is 11.8 Å². The Hall–Kier alpha value is 0.217. The first kappa shape index (κ1) is 9.76. The van der Waals surface area contributed by atoms with Gasteiger partial charge in [-0.25, -0.2) is 0 Å². The molecular formula is C12H24Si. The third-order valence-electron chi connectivity index (χ3n) is 4.96. The van der Waals surface area contributed by atoms with E-state index >= 15 is 0 Å². The molecule has 0 aromatic rings. The predicted molar refractivity (Wildman–Crippen MR) is 61.8 cm³/mol. The highest BCUT2D eigenvalue weighted by molar-refractivity contribution is 6.78. The highest BCUT2D eigenvalue weighted by Crippen LogP contribution is 2.52. The van der Waals surface area contributed by atoms with Crippen molar-refractivity contribution in [3.8, 4) is 0 Å². The summed E-state index contributed by atoms with van der Waals surface area (Å²) in [5.41, 5.74) is 1.19. The molecule has 0 amide bonds. The maximum atomic E-state index is 2.62. The van der Waals surface area contributed by atoms with Gasteiger partial charge in [0, 0.05) is 0 Å². The molecule has 3 saturated carbocycles. The highest BCUT2D eigenvalue weighted by Gasteiger charge is 2.43. The molecule has 0 aromatic heterocycles. The van der Waals surface area contributed by atoms with Crippen molar-refractivity contribution in [2.45, 2.75) is 63.7 Å². The average molecular weight is 196 g/mol. The molecule has 3 rings (SSSR count). The minimum Gasteiger partial charge on any atom is -0.0691 e. The lowest BCUT2D eigenvalue weighted by Crippen LogP contribution is -2.42. The van der Waals surface area contributed by atoms with Crippen LogP contribution in [0.4, 0.5) is 0 Å². The Labute approximate surface area is 84.1 Å². The van der Waals surface area contributed by atoms with Gasteiger partial charge < -0.3 is 0 Å². The lowest BCUT2D eigenvalue weighted by molar-refractivity contribution is 0.171. The first-order valence-electron chi connectivity index (χ1n) is 6.13. The zero-order chi connectivity index (χ0) is 9.47. The van der Waals surface area contributed by atoms with Crippen LogP contribution in [0.1, 0.15) is 39.0 Å². The third-order valence-corrected chi connectivity index (χ3v) is 9.50. The van der Waals surface area contributed by atoms with E-state index in [4.69, 9.17) is 0 Å². The van der Waals surface area contributed by atoms with E-state index in [-0.39, 0.29) is 0 Å². The van der Waals surface area contributed by atoms with Gasteiger partial charge in [0.05, 0.1) is 8.07 Å². The lowest BCUT2D eigenvalue weighted by atomic mass is 9.70. The monoisotopic (exact) mass is 196 g/mol. The molecule has 76 valence electrons. The van der Waals surface area contributed by atoms with Crippen LogP contribution < -0.4 is 0 Å². The lowest BCUT2D eigenvalue weighted by Gasteiger charge is -2.48. The summed E-state index contributed by atoms with van der Waals surface area (Å²) in [5.74, 6) is 2.28. The van der Waals surface area contributed by atoms with E-state index in [1.807, 2.05) is 0 Å². The summed E-state index contributed by atoms with van der Waals surface area (Å²) in [7, 11) is -0.830. The summed E-state index contributed by atoms with van der Waals surface area (Å²) in [6.07, 6.45) is 7.89. The van der Waals surface area contributed by atoms with Crippen LogP contribution in [0, 0.1) is 11.8 Å². The fourth-order valence-electron chi connectivity index (χ4n) is 3.60. The van der Waals surface area contributed by atoms with Gasteiger partial charge in [-0.2, -0.15) is 0 Å². The summed E-state index contributed by atoms with van der Waals surface area (Å²) in [6.45, 7) is 7.67. The maximum Gasteiger partial charge on any atom is 0.0504 e. The number of fused-ring (bicyclic) bond motifs is 3. The van der Waals surface area contributed by atoms with Crippen LogP contribution in [-0.4, -0.2) is 8.07 Å². The SMILES string of the molecule is CC[Si](C)(C)C1CC2CCC1CC2.